The molecule has 6 heteroatoms. The van der Waals surface area contributed by atoms with Gasteiger partial charge in [0, 0.05) is 24.8 Å². The highest BCUT2D eigenvalue weighted by Gasteiger charge is 2.30. The molecule has 1 aliphatic rings. The molecule has 5 nitrogen and oxygen atoms in total. The summed E-state index contributed by atoms with van der Waals surface area (Å²) in [6.45, 7) is 1.16. The van der Waals surface area contributed by atoms with Crippen molar-refractivity contribution in [2.75, 3.05) is 13.1 Å². The van der Waals surface area contributed by atoms with Crippen molar-refractivity contribution in [1.29, 1.82) is 0 Å². The van der Waals surface area contributed by atoms with E-state index in [1.54, 1.807) is 29.3 Å². The number of benzene rings is 1. The van der Waals surface area contributed by atoms with Gasteiger partial charge in [-0.1, -0.05) is 29.8 Å². The molecule has 0 aliphatic carbocycles. The number of aliphatic hydroxyl groups is 1. The Kier molecular flexibility index (Phi) is 5.46. The number of pyridine rings is 1. The Morgan fingerprint density at radius 3 is 2.57 bits per heavy atom. The van der Waals surface area contributed by atoms with Gasteiger partial charge < -0.3 is 14.4 Å². The smallest absolute Gasteiger partial charge is 0.289 e. The van der Waals surface area contributed by atoms with E-state index in [1.807, 2.05) is 36.4 Å². The Morgan fingerprint density at radius 2 is 1.86 bits per heavy atom. The minimum atomic E-state index is -0.603. The molecule has 1 amide bonds. The number of carbonyl (C=O) groups excluding carboxylic acids is 1. The monoisotopic (exact) mass is 396 g/mol. The summed E-state index contributed by atoms with van der Waals surface area (Å²) in [5, 5.41) is 11.1. The van der Waals surface area contributed by atoms with E-state index in [2.05, 4.69) is 4.98 Å². The summed E-state index contributed by atoms with van der Waals surface area (Å²) in [4.78, 5) is 18.8. The van der Waals surface area contributed by atoms with E-state index >= 15 is 0 Å². The predicted octanol–water partition coefficient (Wildman–Crippen LogP) is 4.58. The largest absolute Gasteiger partial charge is 0.451 e. The quantitative estimate of drug-likeness (QED) is 0.700. The molecule has 1 atom stereocenters. The number of rotatable bonds is 4. The number of aliphatic hydroxyl groups excluding tert-OH is 1. The molecule has 1 fully saturated rings. The van der Waals surface area contributed by atoms with Gasteiger partial charge in [0.2, 0.25) is 0 Å². The molecule has 144 valence electrons. The van der Waals surface area contributed by atoms with E-state index in [9.17, 15) is 9.90 Å². The lowest BCUT2D eigenvalue weighted by Gasteiger charge is -2.33. The van der Waals surface area contributed by atoms with Crippen molar-refractivity contribution in [3.05, 3.63) is 77.3 Å². The highest BCUT2D eigenvalue weighted by molar-refractivity contribution is 6.33. The number of likely N-dealkylation sites (tertiary alicyclic amines) is 1. The lowest BCUT2D eigenvalue weighted by atomic mass is 9.89. The van der Waals surface area contributed by atoms with Crippen LogP contribution in [0.3, 0.4) is 0 Å². The van der Waals surface area contributed by atoms with Crippen molar-refractivity contribution < 1.29 is 14.3 Å². The van der Waals surface area contributed by atoms with Crippen molar-refractivity contribution in [2.45, 2.75) is 18.9 Å². The van der Waals surface area contributed by atoms with Crippen LogP contribution in [0.1, 0.15) is 35.2 Å². The Bertz CT molecular complexity index is 949. The van der Waals surface area contributed by atoms with Gasteiger partial charge >= 0.3 is 0 Å². The van der Waals surface area contributed by atoms with Gasteiger partial charge in [-0.05, 0) is 55.2 Å². The zero-order valence-corrected chi connectivity index (χ0v) is 16.0. The number of piperidine rings is 1. The molecular formula is C22H21ClN2O3. The fourth-order valence-electron chi connectivity index (χ4n) is 3.63. The van der Waals surface area contributed by atoms with Crippen LogP contribution in [0.4, 0.5) is 0 Å². The van der Waals surface area contributed by atoms with Gasteiger partial charge in [-0.15, -0.1) is 0 Å². The summed E-state index contributed by atoms with van der Waals surface area (Å²) in [5.41, 5.74) is 1.45. The molecule has 28 heavy (non-hydrogen) atoms. The first kappa shape index (κ1) is 18.7. The fraction of sp³-hybridized carbons (Fsp3) is 0.273. The van der Waals surface area contributed by atoms with E-state index in [1.165, 1.54) is 0 Å². The first-order chi connectivity index (χ1) is 13.6. The van der Waals surface area contributed by atoms with Crippen molar-refractivity contribution in [2.24, 2.45) is 5.92 Å². The second-order valence-corrected chi connectivity index (χ2v) is 7.38. The van der Waals surface area contributed by atoms with Crippen LogP contribution in [0.5, 0.6) is 0 Å². The van der Waals surface area contributed by atoms with E-state index < -0.39 is 6.10 Å². The number of carbonyl (C=O) groups is 1. The summed E-state index contributed by atoms with van der Waals surface area (Å²) in [5.74, 6) is 0.839. The van der Waals surface area contributed by atoms with Gasteiger partial charge in [0.1, 0.15) is 5.76 Å². The summed E-state index contributed by atoms with van der Waals surface area (Å²) < 4.78 is 5.77. The van der Waals surface area contributed by atoms with Crippen LogP contribution in [0.2, 0.25) is 5.02 Å². The molecular weight excluding hydrogens is 376 g/mol. The fourth-order valence-corrected chi connectivity index (χ4v) is 3.85. The van der Waals surface area contributed by atoms with Crippen LogP contribution in [-0.2, 0) is 0 Å². The molecule has 1 aromatic carbocycles. The van der Waals surface area contributed by atoms with Gasteiger partial charge in [0.15, 0.2) is 5.76 Å². The minimum absolute atomic E-state index is 0.0919. The van der Waals surface area contributed by atoms with Crippen LogP contribution in [-0.4, -0.2) is 34.0 Å². The Labute approximate surface area is 168 Å². The lowest BCUT2D eigenvalue weighted by molar-refractivity contribution is 0.0429. The molecule has 4 rings (SSSR count). The van der Waals surface area contributed by atoms with E-state index in [0.29, 0.717) is 35.3 Å². The number of amides is 1. The van der Waals surface area contributed by atoms with Crippen LogP contribution in [0.15, 0.2) is 65.2 Å². The third-order valence-electron chi connectivity index (χ3n) is 5.22. The molecule has 1 N–H and O–H groups in total. The van der Waals surface area contributed by atoms with Crippen LogP contribution in [0.25, 0.3) is 11.3 Å². The molecule has 0 radical (unpaired) electrons. The molecule has 1 aliphatic heterocycles. The molecule has 0 bridgehead atoms. The number of aromatic nitrogens is 1. The summed E-state index contributed by atoms with van der Waals surface area (Å²) >= 11 is 6.21. The highest BCUT2D eigenvalue weighted by atomic mass is 35.5. The highest BCUT2D eigenvalue weighted by Crippen LogP contribution is 2.32. The van der Waals surface area contributed by atoms with Crippen molar-refractivity contribution in [1.82, 2.24) is 9.88 Å². The maximum atomic E-state index is 12.8. The second-order valence-electron chi connectivity index (χ2n) is 6.97. The van der Waals surface area contributed by atoms with E-state index in [4.69, 9.17) is 16.0 Å². The first-order valence-electron chi connectivity index (χ1n) is 9.36. The average molecular weight is 397 g/mol. The maximum absolute atomic E-state index is 12.8. The zero-order chi connectivity index (χ0) is 19.5. The number of nitrogens with zero attached hydrogens (tertiary/aromatic N) is 2. The Balaban J connectivity index is 1.40. The number of hydrogen-bond acceptors (Lipinski definition) is 4. The van der Waals surface area contributed by atoms with Crippen LogP contribution < -0.4 is 0 Å². The average Bonchev–Trinajstić information content (AvgIpc) is 3.24. The topological polar surface area (TPSA) is 66.6 Å². The summed E-state index contributed by atoms with van der Waals surface area (Å²) in [6.07, 6.45) is 2.53. The van der Waals surface area contributed by atoms with Crippen molar-refractivity contribution >= 4 is 17.5 Å². The van der Waals surface area contributed by atoms with Gasteiger partial charge in [-0.25, -0.2) is 0 Å². The third kappa shape index (κ3) is 3.81. The normalized spacial score (nSPS) is 16.1. The summed E-state index contributed by atoms with van der Waals surface area (Å²) in [7, 11) is 0. The summed E-state index contributed by atoms with van der Waals surface area (Å²) in [6, 6.07) is 16.4. The van der Waals surface area contributed by atoms with Gasteiger partial charge in [0.05, 0.1) is 16.8 Å². The molecule has 3 aromatic rings. The van der Waals surface area contributed by atoms with Crippen LogP contribution >= 0.6 is 11.6 Å². The molecule has 0 spiro atoms. The predicted molar refractivity (Wildman–Crippen MR) is 107 cm³/mol. The first-order valence-corrected chi connectivity index (χ1v) is 9.74. The van der Waals surface area contributed by atoms with E-state index in [0.717, 1.165) is 18.4 Å². The van der Waals surface area contributed by atoms with E-state index in [-0.39, 0.29) is 11.8 Å². The molecule has 1 saturated heterocycles. The molecule has 2 aromatic heterocycles. The SMILES string of the molecule is O=C(c1ccc(-c2ccccc2Cl)o1)N1CCC(C(O)c2ccccn2)CC1. The number of furan rings is 1. The molecule has 3 heterocycles. The number of halogens is 1. The standard InChI is InChI=1S/C22H21ClN2O3/c23-17-6-2-1-5-16(17)19-8-9-20(28-19)22(27)25-13-10-15(11-14-25)21(26)18-7-3-4-12-24-18/h1-9,12,15,21,26H,10-11,13-14H2. The number of hydrogen-bond donors (Lipinski definition) is 1. The minimum Gasteiger partial charge on any atom is -0.451 e. The van der Waals surface area contributed by atoms with Gasteiger partial charge in [0.25, 0.3) is 5.91 Å². The maximum Gasteiger partial charge on any atom is 0.289 e. The van der Waals surface area contributed by atoms with Gasteiger partial charge in [-0.2, -0.15) is 0 Å². The Hall–Kier alpha value is -2.63. The Morgan fingerprint density at radius 1 is 1.11 bits per heavy atom. The third-order valence-corrected chi connectivity index (χ3v) is 5.55. The van der Waals surface area contributed by atoms with Crippen LogP contribution in [0, 0.1) is 5.92 Å². The lowest BCUT2D eigenvalue weighted by Crippen LogP contribution is -2.39. The van der Waals surface area contributed by atoms with Crippen molar-refractivity contribution in [3.8, 4) is 11.3 Å². The second kappa shape index (κ2) is 8.17. The van der Waals surface area contributed by atoms with Crippen molar-refractivity contribution in [3.63, 3.8) is 0 Å². The zero-order valence-electron chi connectivity index (χ0n) is 15.3. The van der Waals surface area contributed by atoms with Gasteiger partial charge in [-0.3, -0.25) is 9.78 Å². The molecule has 1 unspecified atom stereocenters. The molecule has 0 saturated carbocycles.